The van der Waals surface area contributed by atoms with Crippen LogP contribution >= 0.6 is 0 Å². The molecule has 1 heterocycles. The van der Waals surface area contributed by atoms with Gasteiger partial charge < -0.3 is 15.6 Å². The standard InChI is InChI=1S/C30H38N4O2/c1-30(34-29(36)24-17-19-8-9-22(24)16-19)15-14-25-26(18-30)33-27(32-25)20-10-12-21(13-11-20)28(35)31-23-6-4-2-3-5-7-23/h10-15,19,22-24H,2-9,16-18H2,1H3,(H,31,35)(H,32,33)(H,34,36). The lowest BCUT2D eigenvalue weighted by atomic mass is 9.85. The van der Waals surface area contributed by atoms with Gasteiger partial charge in [0.2, 0.25) is 5.91 Å². The van der Waals surface area contributed by atoms with Gasteiger partial charge in [-0.1, -0.05) is 50.3 Å². The zero-order valence-electron chi connectivity index (χ0n) is 21.3. The first-order valence-corrected chi connectivity index (χ1v) is 14.0. The summed E-state index contributed by atoms with van der Waals surface area (Å²) in [6.45, 7) is 2.10. The van der Waals surface area contributed by atoms with Gasteiger partial charge in [0, 0.05) is 35.2 Å². The van der Waals surface area contributed by atoms with E-state index in [1.807, 2.05) is 30.3 Å². The van der Waals surface area contributed by atoms with Crippen LogP contribution in [-0.4, -0.2) is 33.4 Å². The number of imidazole rings is 1. The minimum Gasteiger partial charge on any atom is -0.349 e. The van der Waals surface area contributed by atoms with E-state index in [2.05, 4.69) is 28.6 Å². The van der Waals surface area contributed by atoms with Crippen molar-refractivity contribution in [1.82, 2.24) is 20.6 Å². The summed E-state index contributed by atoms with van der Waals surface area (Å²) in [6.07, 6.45) is 16.7. The zero-order chi connectivity index (χ0) is 24.7. The number of nitrogens with zero attached hydrogens (tertiary/aromatic N) is 1. The molecule has 6 nitrogen and oxygen atoms in total. The summed E-state index contributed by atoms with van der Waals surface area (Å²) >= 11 is 0. The molecule has 36 heavy (non-hydrogen) atoms. The third-order valence-corrected chi connectivity index (χ3v) is 9.06. The van der Waals surface area contributed by atoms with Gasteiger partial charge in [0.25, 0.3) is 5.91 Å². The van der Waals surface area contributed by atoms with Crippen LogP contribution in [0.3, 0.4) is 0 Å². The molecule has 0 radical (unpaired) electrons. The van der Waals surface area contributed by atoms with Crippen LogP contribution in [0.1, 0.15) is 92.9 Å². The highest BCUT2D eigenvalue weighted by Crippen LogP contribution is 2.48. The normalized spacial score (nSPS) is 29.5. The molecule has 4 aliphatic rings. The molecule has 4 unspecified atom stereocenters. The Morgan fingerprint density at radius 1 is 1.00 bits per heavy atom. The Morgan fingerprint density at radius 3 is 2.47 bits per heavy atom. The fourth-order valence-corrected chi connectivity index (χ4v) is 7.02. The number of aromatic nitrogens is 2. The maximum atomic E-state index is 13.1. The number of hydrogen-bond donors (Lipinski definition) is 3. The van der Waals surface area contributed by atoms with Gasteiger partial charge in [0.05, 0.1) is 11.2 Å². The first kappa shape index (κ1) is 23.5. The Kier molecular flexibility index (Phi) is 6.22. The minimum atomic E-state index is -0.407. The molecule has 0 aliphatic heterocycles. The van der Waals surface area contributed by atoms with Crippen LogP contribution in [0.25, 0.3) is 17.5 Å². The Bertz CT molecular complexity index is 1160. The highest BCUT2D eigenvalue weighted by atomic mass is 16.2. The number of H-pyrrole nitrogens is 1. The maximum Gasteiger partial charge on any atom is 0.251 e. The molecule has 3 saturated carbocycles. The molecule has 4 atom stereocenters. The van der Waals surface area contributed by atoms with Crippen molar-refractivity contribution in [3.05, 3.63) is 47.3 Å². The van der Waals surface area contributed by atoms with Gasteiger partial charge >= 0.3 is 0 Å². The van der Waals surface area contributed by atoms with Crippen molar-refractivity contribution in [2.45, 2.75) is 89.1 Å². The Labute approximate surface area is 213 Å². The monoisotopic (exact) mass is 486 g/mol. The van der Waals surface area contributed by atoms with Crippen molar-refractivity contribution in [2.24, 2.45) is 17.8 Å². The smallest absolute Gasteiger partial charge is 0.251 e. The van der Waals surface area contributed by atoms with Crippen LogP contribution in [0.2, 0.25) is 0 Å². The van der Waals surface area contributed by atoms with Crippen LogP contribution in [-0.2, 0) is 11.2 Å². The molecule has 1 aromatic heterocycles. The number of fused-ring (bicyclic) bond motifs is 3. The van der Waals surface area contributed by atoms with Crippen molar-refractivity contribution in [3.63, 3.8) is 0 Å². The van der Waals surface area contributed by atoms with Gasteiger partial charge in [-0.15, -0.1) is 0 Å². The molecule has 4 aliphatic carbocycles. The summed E-state index contributed by atoms with van der Waals surface area (Å²) < 4.78 is 0. The van der Waals surface area contributed by atoms with E-state index in [-0.39, 0.29) is 17.7 Å². The highest BCUT2D eigenvalue weighted by molar-refractivity contribution is 5.94. The predicted octanol–water partition coefficient (Wildman–Crippen LogP) is 5.41. The number of aromatic amines is 1. The van der Waals surface area contributed by atoms with Gasteiger partial charge in [0.1, 0.15) is 5.82 Å². The molecule has 190 valence electrons. The van der Waals surface area contributed by atoms with Crippen LogP contribution in [0.4, 0.5) is 0 Å². The van der Waals surface area contributed by atoms with E-state index in [0.29, 0.717) is 23.9 Å². The molecule has 2 bridgehead atoms. The summed E-state index contributed by atoms with van der Waals surface area (Å²) in [4.78, 5) is 34.1. The summed E-state index contributed by atoms with van der Waals surface area (Å²) in [6, 6.07) is 8.00. The van der Waals surface area contributed by atoms with Gasteiger partial charge in [0.15, 0.2) is 0 Å². The second kappa shape index (κ2) is 9.53. The quantitative estimate of drug-likeness (QED) is 0.494. The first-order valence-electron chi connectivity index (χ1n) is 14.0. The summed E-state index contributed by atoms with van der Waals surface area (Å²) in [5.41, 5.74) is 3.20. The van der Waals surface area contributed by atoms with Gasteiger partial charge in [-0.25, -0.2) is 4.98 Å². The van der Waals surface area contributed by atoms with E-state index in [9.17, 15) is 9.59 Å². The Balaban J connectivity index is 1.10. The van der Waals surface area contributed by atoms with Gasteiger partial charge in [-0.05, 0) is 69.1 Å². The molecular formula is C30H38N4O2. The molecular weight excluding hydrogens is 448 g/mol. The third kappa shape index (κ3) is 4.74. The predicted molar refractivity (Wildman–Crippen MR) is 141 cm³/mol. The lowest BCUT2D eigenvalue weighted by Crippen LogP contribution is -2.50. The number of hydrogen-bond acceptors (Lipinski definition) is 3. The van der Waals surface area contributed by atoms with Crippen molar-refractivity contribution >= 4 is 17.9 Å². The number of carbonyl (C=O) groups is 2. The fourth-order valence-electron chi connectivity index (χ4n) is 7.02. The van der Waals surface area contributed by atoms with Crippen molar-refractivity contribution in [3.8, 4) is 11.4 Å². The fraction of sp³-hybridized carbons (Fsp3) is 0.567. The first-order chi connectivity index (χ1) is 17.5. The second-order valence-electron chi connectivity index (χ2n) is 11.9. The second-order valence-corrected chi connectivity index (χ2v) is 11.9. The highest BCUT2D eigenvalue weighted by Gasteiger charge is 2.44. The Hall–Kier alpha value is -2.89. The topological polar surface area (TPSA) is 86.9 Å². The molecule has 2 aromatic rings. The van der Waals surface area contributed by atoms with E-state index in [4.69, 9.17) is 4.98 Å². The van der Waals surface area contributed by atoms with Crippen LogP contribution < -0.4 is 10.6 Å². The van der Waals surface area contributed by atoms with E-state index in [0.717, 1.165) is 48.0 Å². The SMILES string of the molecule is CC1(NC(=O)C2CC3CCC2C3)C=Cc2nc(-c3ccc(C(=O)NC4CCCCCC4)cc3)[nH]c2C1. The molecule has 0 saturated heterocycles. The largest absolute Gasteiger partial charge is 0.349 e. The zero-order valence-corrected chi connectivity index (χ0v) is 21.3. The minimum absolute atomic E-state index is 0.0112. The third-order valence-electron chi connectivity index (χ3n) is 9.06. The maximum absolute atomic E-state index is 13.1. The molecule has 1 aromatic carbocycles. The number of rotatable bonds is 5. The lowest BCUT2D eigenvalue weighted by Gasteiger charge is -2.32. The lowest BCUT2D eigenvalue weighted by molar-refractivity contribution is -0.127. The molecule has 0 spiro atoms. The number of carbonyl (C=O) groups excluding carboxylic acids is 2. The average Bonchev–Trinajstić information content (AvgIpc) is 3.56. The summed E-state index contributed by atoms with van der Waals surface area (Å²) in [5, 5.41) is 6.57. The van der Waals surface area contributed by atoms with Crippen molar-refractivity contribution < 1.29 is 9.59 Å². The number of amides is 2. The summed E-state index contributed by atoms with van der Waals surface area (Å²) in [5.74, 6) is 2.55. The van der Waals surface area contributed by atoms with E-state index < -0.39 is 5.54 Å². The van der Waals surface area contributed by atoms with E-state index in [1.165, 1.54) is 44.9 Å². The number of nitrogens with one attached hydrogen (secondary N) is 3. The van der Waals surface area contributed by atoms with Crippen LogP contribution in [0, 0.1) is 17.8 Å². The van der Waals surface area contributed by atoms with Crippen LogP contribution in [0.15, 0.2) is 30.3 Å². The average molecular weight is 487 g/mol. The summed E-state index contributed by atoms with van der Waals surface area (Å²) in [7, 11) is 0. The van der Waals surface area contributed by atoms with Crippen molar-refractivity contribution in [2.75, 3.05) is 0 Å². The molecule has 3 N–H and O–H groups in total. The van der Waals surface area contributed by atoms with Gasteiger partial charge in [-0.3, -0.25) is 9.59 Å². The molecule has 6 heteroatoms. The Morgan fingerprint density at radius 2 is 1.78 bits per heavy atom. The van der Waals surface area contributed by atoms with E-state index >= 15 is 0 Å². The molecule has 6 rings (SSSR count). The van der Waals surface area contributed by atoms with Crippen LogP contribution in [0.5, 0.6) is 0 Å². The van der Waals surface area contributed by atoms with Gasteiger partial charge in [-0.2, -0.15) is 0 Å². The molecule has 2 amide bonds. The van der Waals surface area contributed by atoms with E-state index in [1.54, 1.807) is 0 Å². The van der Waals surface area contributed by atoms with Crippen molar-refractivity contribution in [1.29, 1.82) is 0 Å². The molecule has 3 fully saturated rings. The number of benzene rings is 1.